The van der Waals surface area contributed by atoms with Crippen LogP contribution in [0.1, 0.15) is 24.3 Å². The SMILES string of the molecule is CCOc1cccc(C(NN)c2ccc(Br)o2)c1. The van der Waals surface area contributed by atoms with Crippen LogP contribution in [-0.2, 0) is 0 Å². The predicted octanol–water partition coefficient (Wildman–Crippen LogP) is 2.99. The lowest BCUT2D eigenvalue weighted by atomic mass is 10.1. The summed E-state index contributed by atoms with van der Waals surface area (Å²) in [7, 11) is 0. The number of hydrogen-bond acceptors (Lipinski definition) is 4. The molecule has 4 nitrogen and oxygen atoms in total. The van der Waals surface area contributed by atoms with Crippen molar-refractivity contribution in [1.82, 2.24) is 5.43 Å². The summed E-state index contributed by atoms with van der Waals surface area (Å²) in [6.45, 7) is 2.59. The Morgan fingerprint density at radius 1 is 1.39 bits per heavy atom. The van der Waals surface area contributed by atoms with Gasteiger partial charge in [-0.05, 0) is 52.7 Å². The molecule has 0 aliphatic rings. The molecule has 2 rings (SSSR count). The molecule has 0 aliphatic heterocycles. The van der Waals surface area contributed by atoms with Crippen LogP contribution in [0.2, 0.25) is 0 Å². The van der Waals surface area contributed by atoms with Crippen LogP contribution in [0.3, 0.4) is 0 Å². The molecule has 0 bridgehead atoms. The normalized spacial score (nSPS) is 12.4. The second kappa shape index (κ2) is 6.04. The maximum atomic E-state index is 5.60. The minimum atomic E-state index is -0.197. The molecule has 1 heterocycles. The second-order valence-corrected chi connectivity index (χ2v) is 4.53. The Labute approximate surface area is 114 Å². The van der Waals surface area contributed by atoms with Crippen molar-refractivity contribution < 1.29 is 9.15 Å². The van der Waals surface area contributed by atoms with Crippen molar-refractivity contribution in [3.05, 3.63) is 52.4 Å². The van der Waals surface area contributed by atoms with E-state index in [0.717, 1.165) is 17.1 Å². The molecule has 3 N–H and O–H groups in total. The predicted molar refractivity (Wildman–Crippen MR) is 73.2 cm³/mol. The van der Waals surface area contributed by atoms with Gasteiger partial charge in [0.25, 0.3) is 0 Å². The molecule has 0 fully saturated rings. The summed E-state index contributed by atoms with van der Waals surface area (Å²) < 4.78 is 11.7. The van der Waals surface area contributed by atoms with Gasteiger partial charge in [-0.25, -0.2) is 5.43 Å². The number of nitrogens with two attached hydrogens (primary N) is 1. The Morgan fingerprint density at radius 3 is 2.83 bits per heavy atom. The molecular formula is C13H15BrN2O2. The van der Waals surface area contributed by atoms with Crippen LogP contribution in [0.25, 0.3) is 0 Å². The number of halogens is 1. The fourth-order valence-electron chi connectivity index (χ4n) is 1.78. The van der Waals surface area contributed by atoms with Gasteiger partial charge in [-0.15, -0.1) is 0 Å². The molecule has 0 saturated carbocycles. The van der Waals surface area contributed by atoms with Gasteiger partial charge in [0.2, 0.25) is 0 Å². The highest BCUT2D eigenvalue weighted by atomic mass is 79.9. The fourth-order valence-corrected chi connectivity index (χ4v) is 2.10. The van der Waals surface area contributed by atoms with E-state index in [2.05, 4.69) is 21.4 Å². The zero-order chi connectivity index (χ0) is 13.0. The van der Waals surface area contributed by atoms with Gasteiger partial charge in [-0.1, -0.05) is 12.1 Å². The Hall–Kier alpha value is -1.30. The highest BCUT2D eigenvalue weighted by molar-refractivity contribution is 9.10. The number of nitrogens with one attached hydrogen (secondary N) is 1. The lowest BCUT2D eigenvalue weighted by Gasteiger charge is -2.15. The lowest BCUT2D eigenvalue weighted by Crippen LogP contribution is -2.28. The quantitative estimate of drug-likeness (QED) is 0.658. The van der Waals surface area contributed by atoms with Crippen molar-refractivity contribution in [2.75, 3.05) is 6.61 Å². The number of benzene rings is 1. The number of hydrazine groups is 1. The van der Waals surface area contributed by atoms with E-state index in [1.54, 1.807) is 0 Å². The highest BCUT2D eigenvalue weighted by Crippen LogP contribution is 2.27. The summed E-state index contributed by atoms with van der Waals surface area (Å²) in [6.07, 6.45) is 0. The van der Waals surface area contributed by atoms with Crippen molar-refractivity contribution in [1.29, 1.82) is 0 Å². The fraction of sp³-hybridized carbons (Fsp3) is 0.231. The van der Waals surface area contributed by atoms with Crippen LogP contribution >= 0.6 is 15.9 Å². The topological polar surface area (TPSA) is 60.4 Å². The molecule has 0 radical (unpaired) electrons. The molecule has 1 unspecified atom stereocenters. The summed E-state index contributed by atoms with van der Waals surface area (Å²) in [5.74, 6) is 7.17. The number of hydrogen-bond donors (Lipinski definition) is 2. The van der Waals surface area contributed by atoms with E-state index in [-0.39, 0.29) is 6.04 Å². The highest BCUT2D eigenvalue weighted by Gasteiger charge is 2.16. The van der Waals surface area contributed by atoms with Crippen molar-refractivity contribution in [3.8, 4) is 5.75 Å². The molecule has 1 aromatic heterocycles. The second-order valence-electron chi connectivity index (χ2n) is 3.75. The average molecular weight is 311 g/mol. The average Bonchev–Trinajstić information content (AvgIpc) is 2.78. The van der Waals surface area contributed by atoms with Crippen LogP contribution in [0, 0.1) is 0 Å². The lowest BCUT2D eigenvalue weighted by molar-refractivity contribution is 0.339. The summed E-state index contributed by atoms with van der Waals surface area (Å²) in [5.41, 5.74) is 3.74. The summed E-state index contributed by atoms with van der Waals surface area (Å²) in [6, 6.07) is 11.3. The van der Waals surface area contributed by atoms with E-state index in [1.165, 1.54) is 0 Å². The standard InChI is InChI=1S/C13H15BrN2O2/c1-2-17-10-5-3-4-9(8-10)13(16-15)11-6-7-12(14)18-11/h3-8,13,16H,2,15H2,1H3. The Bertz CT molecular complexity index is 513. The van der Waals surface area contributed by atoms with E-state index in [0.29, 0.717) is 11.3 Å². The molecule has 0 aliphatic carbocycles. The molecule has 1 atom stereocenters. The summed E-state index contributed by atoms with van der Waals surface area (Å²) >= 11 is 3.28. The first-order valence-corrected chi connectivity index (χ1v) is 6.48. The molecule has 1 aromatic carbocycles. The van der Waals surface area contributed by atoms with Crippen molar-refractivity contribution in [2.24, 2.45) is 5.84 Å². The first kappa shape index (κ1) is 13.1. The van der Waals surface area contributed by atoms with Gasteiger partial charge < -0.3 is 9.15 Å². The zero-order valence-corrected chi connectivity index (χ0v) is 11.6. The maximum absolute atomic E-state index is 5.60. The molecule has 96 valence electrons. The first-order chi connectivity index (χ1) is 8.74. The van der Waals surface area contributed by atoms with E-state index in [9.17, 15) is 0 Å². The van der Waals surface area contributed by atoms with Gasteiger partial charge in [0, 0.05) is 0 Å². The smallest absolute Gasteiger partial charge is 0.169 e. The van der Waals surface area contributed by atoms with Crippen molar-refractivity contribution in [2.45, 2.75) is 13.0 Å². The van der Waals surface area contributed by atoms with Gasteiger partial charge in [-0.3, -0.25) is 5.84 Å². The number of furan rings is 1. The third-order valence-corrected chi connectivity index (χ3v) is 2.97. The largest absolute Gasteiger partial charge is 0.494 e. The van der Waals surface area contributed by atoms with Crippen molar-refractivity contribution in [3.63, 3.8) is 0 Å². The Kier molecular flexibility index (Phi) is 4.41. The first-order valence-electron chi connectivity index (χ1n) is 5.68. The minimum Gasteiger partial charge on any atom is -0.494 e. The Morgan fingerprint density at radius 2 is 2.22 bits per heavy atom. The van der Waals surface area contributed by atoms with E-state index < -0.39 is 0 Å². The summed E-state index contributed by atoms with van der Waals surface area (Å²) in [5, 5.41) is 0. The van der Waals surface area contributed by atoms with Crippen LogP contribution in [0.4, 0.5) is 0 Å². The Balaban J connectivity index is 2.29. The molecule has 18 heavy (non-hydrogen) atoms. The van der Waals surface area contributed by atoms with Gasteiger partial charge in [0.05, 0.1) is 6.61 Å². The van der Waals surface area contributed by atoms with Crippen LogP contribution in [0.5, 0.6) is 5.75 Å². The van der Waals surface area contributed by atoms with Gasteiger partial charge in [-0.2, -0.15) is 0 Å². The van der Waals surface area contributed by atoms with Gasteiger partial charge in [0.15, 0.2) is 4.67 Å². The van der Waals surface area contributed by atoms with Crippen LogP contribution < -0.4 is 16.0 Å². The molecule has 0 amide bonds. The zero-order valence-electron chi connectivity index (χ0n) is 10.0. The summed E-state index contributed by atoms with van der Waals surface area (Å²) in [4.78, 5) is 0. The van der Waals surface area contributed by atoms with Crippen LogP contribution in [0.15, 0.2) is 45.5 Å². The minimum absolute atomic E-state index is 0.197. The molecule has 5 heteroatoms. The van der Waals surface area contributed by atoms with E-state index in [1.807, 2.05) is 43.3 Å². The molecular weight excluding hydrogens is 296 g/mol. The number of ether oxygens (including phenoxy) is 1. The van der Waals surface area contributed by atoms with Crippen LogP contribution in [-0.4, -0.2) is 6.61 Å². The van der Waals surface area contributed by atoms with E-state index in [4.69, 9.17) is 15.0 Å². The van der Waals surface area contributed by atoms with Gasteiger partial charge in [0.1, 0.15) is 17.6 Å². The maximum Gasteiger partial charge on any atom is 0.169 e. The third-order valence-electron chi connectivity index (χ3n) is 2.55. The van der Waals surface area contributed by atoms with E-state index >= 15 is 0 Å². The molecule has 0 spiro atoms. The third kappa shape index (κ3) is 2.93. The molecule has 0 saturated heterocycles. The van der Waals surface area contributed by atoms with Gasteiger partial charge >= 0.3 is 0 Å². The van der Waals surface area contributed by atoms with Crippen molar-refractivity contribution >= 4 is 15.9 Å². The number of rotatable bonds is 5. The monoisotopic (exact) mass is 310 g/mol. The molecule has 2 aromatic rings.